The molecule has 1 atom stereocenters. The molecular formula is C27H32N4O3. The third kappa shape index (κ3) is 4.99. The summed E-state index contributed by atoms with van der Waals surface area (Å²) in [5.41, 5.74) is 4.87. The lowest BCUT2D eigenvalue weighted by atomic mass is 10.00. The number of anilines is 1. The SMILES string of the molecule is COCCN(CC(=O)N1CCn2cccc2C1c1ccccc1)C(=O)Nc1c(C)cccc1C. The van der Waals surface area contributed by atoms with Crippen molar-refractivity contribution in [2.24, 2.45) is 0 Å². The fraction of sp³-hybridized carbons (Fsp3) is 0.333. The van der Waals surface area contributed by atoms with Crippen molar-refractivity contribution < 1.29 is 14.3 Å². The number of carbonyl (C=O) groups excluding carboxylic acids is 2. The standard InChI is InChI=1S/C27H32N4O3/c1-20-9-7-10-21(2)25(20)28-27(33)30(17-18-34-3)19-24(32)31-16-15-29-14-8-13-23(29)26(31)22-11-5-4-6-12-22/h4-14,26H,15-19H2,1-3H3,(H,28,33). The van der Waals surface area contributed by atoms with E-state index < -0.39 is 0 Å². The van der Waals surface area contributed by atoms with E-state index in [-0.39, 0.29) is 24.5 Å². The van der Waals surface area contributed by atoms with Gasteiger partial charge in [0, 0.05) is 44.3 Å². The van der Waals surface area contributed by atoms with Crippen LogP contribution in [0.25, 0.3) is 0 Å². The molecule has 0 saturated carbocycles. The van der Waals surface area contributed by atoms with E-state index in [4.69, 9.17) is 4.74 Å². The van der Waals surface area contributed by atoms with Gasteiger partial charge in [-0.3, -0.25) is 4.79 Å². The van der Waals surface area contributed by atoms with Crippen LogP contribution >= 0.6 is 0 Å². The van der Waals surface area contributed by atoms with Gasteiger partial charge in [0.1, 0.15) is 6.54 Å². The number of nitrogens with zero attached hydrogens (tertiary/aromatic N) is 3. The smallest absolute Gasteiger partial charge is 0.322 e. The topological polar surface area (TPSA) is 66.8 Å². The van der Waals surface area contributed by atoms with Gasteiger partial charge >= 0.3 is 6.03 Å². The van der Waals surface area contributed by atoms with E-state index in [2.05, 4.69) is 22.1 Å². The van der Waals surface area contributed by atoms with E-state index in [0.29, 0.717) is 19.7 Å². The summed E-state index contributed by atoms with van der Waals surface area (Å²) in [4.78, 5) is 30.3. The highest BCUT2D eigenvalue weighted by atomic mass is 16.5. The largest absolute Gasteiger partial charge is 0.383 e. The molecule has 0 spiro atoms. The Morgan fingerprint density at radius 1 is 1.00 bits per heavy atom. The Hall–Kier alpha value is -3.58. The van der Waals surface area contributed by atoms with Gasteiger partial charge < -0.3 is 24.4 Å². The number of hydrogen-bond acceptors (Lipinski definition) is 3. The molecule has 2 aromatic carbocycles. The summed E-state index contributed by atoms with van der Waals surface area (Å²) in [6.07, 6.45) is 2.05. The normalized spacial score (nSPS) is 15.0. The molecule has 7 nitrogen and oxygen atoms in total. The molecule has 0 aliphatic carbocycles. The van der Waals surface area contributed by atoms with Crippen molar-refractivity contribution in [1.29, 1.82) is 0 Å². The number of aryl methyl sites for hydroxylation is 2. The number of nitrogens with one attached hydrogen (secondary N) is 1. The molecule has 0 bridgehead atoms. The molecule has 7 heteroatoms. The van der Waals surface area contributed by atoms with E-state index in [9.17, 15) is 9.59 Å². The van der Waals surface area contributed by atoms with Crippen molar-refractivity contribution in [3.63, 3.8) is 0 Å². The Morgan fingerprint density at radius 2 is 1.74 bits per heavy atom. The second-order valence-corrected chi connectivity index (χ2v) is 8.64. The number of para-hydroxylation sites is 1. The van der Waals surface area contributed by atoms with Gasteiger partial charge in [-0.05, 0) is 42.7 Å². The summed E-state index contributed by atoms with van der Waals surface area (Å²) in [5, 5.41) is 3.01. The molecule has 4 rings (SSSR count). The first kappa shape index (κ1) is 23.6. The fourth-order valence-corrected chi connectivity index (χ4v) is 4.54. The number of urea groups is 1. The minimum Gasteiger partial charge on any atom is -0.383 e. The van der Waals surface area contributed by atoms with Crippen molar-refractivity contribution in [1.82, 2.24) is 14.4 Å². The summed E-state index contributed by atoms with van der Waals surface area (Å²) in [7, 11) is 1.59. The van der Waals surface area contributed by atoms with Crippen molar-refractivity contribution >= 4 is 17.6 Å². The highest BCUT2D eigenvalue weighted by molar-refractivity contribution is 5.93. The van der Waals surface area contributed by atoms with Crippen LogP contribution in [0.1, 0.15) is 28.4 Å². The van der Waals surface area contributed by atoms with Gasteiger partial charge in [-0.2, -0.15) is 0 Å². The molecule has 3 aromatic rings. The zero-order chi connectivity index (χ0) is 24.1. The number of methoxy groups -OCH3 is 1. The van der Waals surface area contributed by atoms with Crippen molar-refractivity contribution in [3.05, 3.63) is 89.2 Å². The Bertz CT molecular complexity index is 1120. The molecular weight excluding hydrogens is 428 g/mol. The minimum atomic E-state index is -0.306. The highest BCUT2D eigenvalue weighted by Gasteiger charge is 2.33. The Morgan fingerprint density at radius 3 is 2.44 bits per heavy atom. The first-order valence-electron chi connectivity index (χ1n) is 11.6. The van der Waals surface area contributed by atoms with Gasteiger partial charge in [-0.25, -0.2) is 4.79 Å². The van der Waals surface area contributed by atoms with Gasteiger partial charge in [-0.1, -0.05) is 48.5 Å². The van der Waals surface area contributed by atoms with E-state index in [1.54, 1.807) is 7.11 Å². The lowest BCUT2D eigenvalue weighted by Crippen LogP contribution is -2.49. The summed E-state index contributed by atoms with van der Waals surface area (Å²) in [5.74, 6) is -0.0888. The zero-order valence-corrected chi connectivity index (χ0v) is 20.0. The fourth-order valence-electron chi connectivity index (χ4n) is 4.54. The molecule has 34 heavy (non-hydrogen) atoms. The average molecular weight is 461 g/mol. The predicted octanol–water partition coefficient (Wildman–Crippen LogP) is 4.22. The number of benzene rings is 2. The predicted molar refractivity (Wildman–Crippen MR) is 133 cm³/mol. The molecule has 0 fully saturated rings. The Kier molecular flexibility index (Phi) is 7.33. The summed E-state index contributed by atoms with van der Waals surface area (Å²) in [6, 6.07) is 19.5. The zero-order valence-electron chi connectivity index (χ0n) is 20.0. The molecule has 178 valence electrons. The third-order valence-corrected chi connectivity index (χ3v) is 6.37. The van der Waals surface area contributed by atoms with Crippen LogP contribution in [0, 0.1) is 13.8 Å². The minimum absolute atomic E-state index is 0.0236. The molecule has 1 unspecified atom stereocenters. The van der Waals surface area contributed by atoms with Crippen LogP contribution in [0.15, 0.2) is 66.9 Å². The van der Waals surface area contributed by atoms with E-state index in [1.807, 2.05) is 73.3 Å². The van der Waals surface area contributed by atoms with E-state index >= 15 is 0 Å². The molecule has 1 aromatic heterocycles. The average Bonchev–Trinajstić information content (AvgIpc) is 3.32. The molecule has 0 saturated heterocycles. The van der Waals surface area contributed by atoms with E-state index in [1.165, 1.54) is 4.90 Å². The maximum absolute atomic E-state index is 13.6. The Labute approximate surface area is 200 Å². The number of aromatic nitrogens is 1. The van der Waals surface area contributed by atoms with Gasteiger partial charge in [0.25, 0.3) is 0 Å². The van der Waals surface area contributed by atoms with Gasteiger partial charge in [0.15, 0.2) is 0 Å². The quantitative estimate of drug-likeness (QED) is 0.574. The third-order valence-electron chi connectivity index (χ3n) is 6.37. The number of rotatable bonds is 7. The molecule has 1 aliphatic heterocycles. The lowest BCUT2D eigenvalue weighted by molar-refractivity contribution is -0.134. The first-order valence-corrected chi connectivity index (χ1v) is 11.6. The van der Waals surface area contributed by atoms with Crippen LogP contribution in [-0.2, 0) is 16.1 Å². The van der Waals surface area contributed by atoms with Gasteiger partial charge in [0.05, 0.1) is 12.6 Å². The second kappa shape index (κ2) is 10.6. The molecule has 1 N–H and O–H groups in total. The number of fused-ring (bicyclic) bond motifs is 1. The highest BCUT2D eigenvalue weighted by Crippen LogP contribution is 2.32. The van der Waals surface area contributed by atoms with Crippen LogP contribution < -0.4 is 5.32 Å². The number of hydrogen-bond donors (Lipinski definition) is 1. The van der Waals surface area contributed by atoms with Crippen LogP contribution in [0.4, 0.5) is 10.5 Å². The molecule has 0 radical (unpaired) electrons. The maximum Gasteiger partial charge on any atom is 0.322 e. The van der Waals surface area contributed by atoms with Crippen molar-refractivity contribution in [2.75, 3.05) is 38.7 Å². The van der Waals surface area contributed by atoms with E-state index in [0.717, 1.165) is 34.6 Å². The lowest BCUT2D eigenvalue weighted by Gasteiger charge is -2.38. The molecule has 3 amide bonds. The summed E-state index contributed by atoms with van der Waals surface area (Å²) in [6.45, 7) is 5.86. The van der Waals surface area contributed by atoms with Crippen molar-refractivity contribution in [2.45, 2.75) is 26.4 Å². The second-order valence-electron chi connectivity index (χ2n) is 8.64. The summed E-state index contributed by atoms with van der Waals surface area (Å²) >= 11 is 0. The molecule has 2 heterocycles. The maximum atomic E-state index is 13.6. The number of ether oxygens (including phenoxy) is 1. The van der Waals surface area contributed by atoms with Crippen molar-refractivity contribution in [3.8, 4) is 0 Å². The molecule has 1 aliphatic rings. The van der Waals surface area contributed by atoms with Crippen LogP contribution in [0.2, 0.25) is 0 Å². The first-order chi connectivity index (χ1) is 16.5. The monoisotopic (exact) mass is 460 g/mol. The Balaban J connectivity index is 1.56. The van der Waals surface area contributed by atoms with Gasteiger partial charge in [0.2, 0.25) is 5.91 Å². The number of amides is 3. The van der Waals surface area contributed by atoms with Crippen LogP contribution in [-0.4, -0.2) is 59.7 Å². The number of carbonyl (C=O) groups is 2. The van der Waals surface area contributed by atoms with Crippen LogP contribution in [0.3, 0.4) is 0 Å². The van der Waals surface area contributed by atoms with Gasteiger partial charge in [-0.15, -0.1) is 0 Å². The van der Waals surface area contributed by atoms with Crippen LogP contribution in [0.5, 0.6) is 0 Å². The summed E-state index contributed by atoms with van der Waals surface area (Å²) < 4.78 is 7.42.